The summed E-state index contributed by atoms with van der Waals surface area (Å²) in [6.07, 6.45) is 8.48. The summed E-state index contributed by atoms with van der Waals surface area (Å²) in [4.78, 5) is 8.81. The lowest BCUT2D eigenvalue weighted by Gasteiger charge is -2.22. The number of rotatable bonds is 5. The molecule has 1 heterocycles. The predicted octanol–water partition coefficient (Wildman–Crippen LogP) is 3.34. The Balaban J connectivity index is 2.07. The van der Waals surface area contributed by atoms with E-state index in [1.165, 1.54) is 19.3 Å². The molecule has 1 aromatic heterocycles. The van der Waals surface area contributed by atoms with Gasteiger partial charge in [-0.25, -0.2) is 4.98 Å². The van der Waals surface area contributed by atoms with Crippen LogP contribution >= 0.6 is 11.8 Å². The van der Waals surface area contributed by atoms with Crippen molar-refractivity contribution in [2.75, 3.05) is 18.1 Å². The molecule has 0 aromatic carbocycles. The second-order valence-corrected chi connectivity index (χ2v) is 5.26. The fraction of sp³-hybridized carbons (Fsp3) is 0.692. The Morgan fingerprint density at radius 2 is 2.11 bits per heavy atom. The van der Waals surface area contributed by atoms with Crippen LogP contribution in [0.1, 0.15) is 39.0 Å². The number of hydrogen-bond donors (Lipinski definition) is 1. The summed E-state index contributed by atoms with van der Waals surface area (Å²) in [5, 5.41) is 3.98. The lowest BCUT2D eigenvalue weighted by atomic mass is 9.98. The third-order valence-corrected chi connectivity index (χ3v) is 3.61. The summed E-state index contributed by atoms with van der Waals surface area (Å²) in [5.74, 6) is 1.56. The van der Waals surface area contributed by atoms with Crippen molar-refractivity contribution in [1.29, 1.82) is 0 Å². The minimum absolute atomic E-state index is 0.331. The van der Waals surface area contributed by atoms with Gasteiger partial charge in [-0.15, -0.1) is 0 Å². The molecule has 1 N–H and O–H groups in total. The highest BCUT2D eigenvalue weighted by Crippen LogP contribution is 2.25. The number of ether oxygens (including phenoxy) is 1. The second kappa shape index (κ2) is 6.83. The van der Waals surface area contributed by atoms with Gasteiger partial charge < -0.3 is 10.1 Å². The fourth-order valence-electron chi connectivity index (χ4n) is 2.18. The van der Waals surface area contributed by atoms with Crippen LogP contribution in [0, 0.1) is 0 Å². The van der Waals surface area contributed by atoms with Crippen LogP contribution in [0.3, 0.4) is 0 Å². The van der Waals surface area contributed by atoms with E-state index in [0.29, 0.717) is 12.0 Å². The number of aromatic nitrogens is 2. The average Bonchev–Trinajstić information content (AvgIpc) is 2.40. The van der Waals surface area contributed by atoms with Crippen molar-refractivity contribution >= 4 is 17.6 Å². The maximum Gasteiger partial charge on any atom is 0.219 e. The van der Waals surface area contributed by atoms with E-state index in [9.17, 15) is 0 Å². The van der Waals surface area contributed by atoms with Crippen LogP contribution in [0.15, 0.2) is 11.2 Å². The van der Waals surface area contributed by atoms with Crippen LogP contribution in [0.4, 0.5) is 5.82 Å². The molecule has 0 unspecified atom stereocenters. The van der Waals surface area contributed by atoms with E-state index in [4.69, 9.17) is 4.74 Å². The Bertz CT molecular complexity index is 380. The Kier molecular flexibility index (Phi) is 5.11. The van der Waals surface area contributed by atoms with E-state index in [1.807, 2.05) is 12.3 Å². The van der Waals surface area contributed by atoms with E-state index < -0.39 is 0 Å². The third kappa shape index (κ3) is 3.77. The highest BCUT2D eigenvalue weighted by atomic mass is 32.2. The highest BCUT2D eigenvalue weighted by Gasteiger charge is 2.16. The monoisotopic (exact) mass is 267 g/mol. The van der Waals surface area contributed by atoms with Gasteiger partial charge in [0.05, 0.1) is 0 Å². The van der Waals surface area contributed by atoms with E-state index in [1.54, 1.807) is 11.8 Å². The van der Waals surface area contributed by atoms with Gasteiger partial charge in [-0.1, -0.05) is 18.2 Å². The summed E-state index contributed by atoms with van der Waals surface area (Å²) >= 11 is 1.54. The van der Waals surface area contributed by atoms with Crippen LogP contribution in [0.5, 0.6) is 5.88 Å². The Morgan fingerprint density at radius 1 is 1.33 bits per heavy atom. The standard InChI is InChI=1S/C13H21N3OS/c1-3-14-11-9-12(16-13(15-11)18-2)17-10-7-5-4-6-8-10/h9-10H,3-8H2,1-2H3,(H,14,15,16). The molecule has 100 valence electrons. The van der Waals surface area contributed by atoms with Crippen LogP contribution in [0.25, 0.3) is 0 Å². The molecule has 18 heavy (non-hydrogen) atoms. The molecule has 1 saturated carbocycles. The normalized spacial score (nSPS) is 16.6. The summed E-state index contributed by atoms with van der Waals surface area (Å²) < 4.78 is 5.98. The van der Waals surface area contributed by atoms with Gasteiger partial charge in [0, 0.05) is 12.6 Å². The van der Waals surface area contributed by atoms with Gasteiger partial charge in [0.1, 0.15) is 11.9 Å². The van der Waals surface area contributed by atoms with E-state index in [2.05, 4.69) is 22.2 Å². The molecule has 0 atom stereocenters. The predicted molar refractivity (Wildman–Crippen MR) is 75.5 cm³/mol. The minimum atomic E-state index is 0.331. The van der Waals surface area contributed by atoms with Gasteiger partial charge in [-0.2, -0.15) is 4.98 Å². The molecular weight excluding hydrogens is 246 g/mol. The van der Waals surface area contributed by atoms with E-state index >= 15 is 0 Å². The molecule has 0 spiro atoms. The van der Waals surface area contributed by atoms with Crippen molar-refractivity contribution in [3.63, 3.8) is 0 Å². The maximum absolute atomic E-state index is 5.98. The zero-order valence-corrected chi connectivity index (χ0v) is 11.9. The van der Waals surface area contributed by atoms with Crippen molar-refractivity contribution in [1.82, 2.24) is 9.97 Å². The molecule has 0 bridgehead atoms. The van der Waals surface area contributed by atoms with E-state index in [-0.39, 0.29) is 0 Å². The van der Waals surface area contributed by atoms with Gasteiger partial charge in [0.2, 0.25) is 5.88 Å². The molecule has 5 heteroatoms. The average molecular weight is 267 g/mol. The summed E-state index contributed by atoms with van der Waals surface area (Å²) in [6.45, 7) is 2.91. The van der Waals surface area contributed by atoms with Crippen LogP contribution in [-0.4, -0.2) is 28.9 Å². The maximum atomic E-state index is 5.98. The Labute approximate surface area is 113 Å². The molecule has 2 rings (SSSR count). The quantitative estimate of drug-likeness (QED) is 0.655. The molecule has 4 nitrogen and oxygen atoms in total. The smallest absolute Gasteiger partial charge is 0.219 e. The number of nitrogens with one attached hydrogen (secondary N) is 1. The van der Waals surface area contributed by atoms with Crippen LogP contribution < -0.4 is 10.1 Å². The molecule has 0 radical (unpaired) electrons. The topological polar surface area (TPSA) is 47.0 Å². The number of nitrogens with zero attached hydrogens (tertiary/aromatic N) is 2. The molecular formula is C13H21N3OS. The first-order chi connectivity index (χ1) is 8.81. The van der Waals surface area contributed by atoms with Gasteiger partial charge in [0.15, 0.2) is 5.16 Å². The zero-order chi connectivity index (χ0) is 12.8. The van der Waals surface area contributed by atoms with Crippen molar-refractivity contribution < 1.29 is 4.74 Å². The molecule has 1 fully saturated rings. The summed E-state index contributed by atoms with van der Waals surface area (Å²) in [5.41, 5.74) is 0. The molecule has 1 aliphatic rings. The first kappa shape index (κ1) is 13.5. The van der Waals surface area contributed by atoms with Crippen molar-refractivity contribution in [3.05, 3.63) is 6.07 Å². The van der Waals surface area contributed by atoms with Gasteiger partial charge in [-0.05, 0) is 38.9 Å². The largest absolute Gasteiger partial charge is 0.474 e. The summed E-state index contributed by atoms with van der Waals surface area (Å²) in [7, 11) is 0. The van der Waals surface area contributed by atoms with Gasteiger partial charge in [-0.3, -0.25) is 0 Å². The molecule has 0 amide bonds. The van der Waals surface area contributed by atoms with Crippen molar-refractivity contribution in [2.24, 2.45) is 0 Å². The van der Waals surface area contributed by atoms with Crippen LogP contribution in [0.2, 0.25) is 0 Å². The molecule has 0 aliphatic heterocycles. The van der Waals surface area contributed by atoms with Gasteiger partial charge >= 0.3 is 0 Å². The van der Waals surface area contributed by atoms with Crippen molar-refractivity contribution in [2.45, 2.75) is 50.3 Å². The minimum Gasteiger partial charge on any atom is -0.474 e. The Morgan fingerprint density at radius 3 is 2.78 bits per heavy atom. The Hall–Kier alpha value is -0.970. The molecule has 1 aromatic rings. The number of hydrogen-bond acceptors (Lipinski definition) is 5. The first-order valence-corrected chi connectivity index (χ1v) is 7.88. The summed E-state index contributed by atoms with van der Waals surface area (Å²) in [6, 6.07) is 1.90. The van der Waals surface area contributed by atoms with Crippen LogP contribution in [-0.2, 0) is 0 Å². The third-order valence-electron chi connectivity index (χ3n) is 3.06. The number of anilines is 1. The second-order valence-electron chi connectivity index (χ2n) is 4.49. The van der Waals surface area contributed by atoms with Gasteiger partial charge in [0.25, 0.3) is 0 Å². The first-order valence-electron chi connectivity index (χ1n) is 6.65. The molecule has 1 aliphatic carbocycles. The van der Waals surface area contributed by atoms with E-state index in [0.717, 1.165) is 30.4 Å². The lowest BCUT2D eigenvalue weighted by Crippen LogP contribution is -2.20. The number of thioether (sulfide) groups is 1. The zero-order valence-electron chi connectivity index (χ0n) is 11.1. The highest BCUT2D eigenvalue weighted by molar-refractivity contribution is 7.98. The lowest BCUT2D eigenvalue weighted by molar-refractivity contribution is 0.147. The fourth-order valence-corrected chi connectivity index (χ4v) is 2.55. The molecule has 0 saturated heterocycles. The SMILES string of the molecule is CCNc1cc(OC2CCCCC2)nc(SC)n1. The van der Waals surface area contributed by atoms with Crippen molar-refractivity contribution in [3.8, 4) is 5.88 Å².